The molecule has 1 aliphatic heterocycles. The molecule has 2 aromatic carbocycles. The van der Waals surface area contributed by atoms with Crippen molar-refractivity contribution in [3.8, 4) is 5.82 Å². The molecular formula is C24H19N5O4. The van der Waals surface area contributed by atoms with Crippen LogP contribution < -0.4 is 16.9 Å². The quantitative estimate of drug-likeness (QED) is 0.332. The summed E-state index contributed by atoms with van der Waals surface area (Å²) in [4.78, 5) is 42.8. The van der Waals surface area contributed by atoms with Gasteiger partial charge in [0.05, 0.1) is 15.7 Å². The van der Waals surface area contributed by atoms with E-state index in [1.54, 1.807) is 36.4 Å². The van der Waals surface area contributed by atoms with Gasteiger partial charge in [-0.1, -0.05) is 12.1 Å². The van der Waals surface area contributed by atoms with Gasteiger partial charge < -0.3 is 5.73 Å². The molecule has 2 aliphatic rings. The molecule has 9 nitrogen and oxygen atoms in total. The number of nitrogens with zero attached hydrogens (tertiary/aromatic N) is 4. The summed E-state index contributed by atoms with van der Waals surface area (Å²) < 4.78 is 2.72. The first kappa shape index (κ1) is 19.4. The maximum Gasteiger partial charge on any atom is 0.279 e. The molecule has 164 valence electrons. The molecule has 33 heavy (non-hydrogen) atoms. The molecule has 4 aromatic rings. The van der Waals surface area contributed by atoms with Crippen molar-refractivity contribution in [2.24, 2.45) is 0 Å². The summed E-state index contributed by atoms with van der Waals surface area (Å²) >= 11 is 0. The van der Waals surface area contributed by atoms with Crippen molar-refractivity contribution in [1.29, 1.82) is 0 Å². The summed E-state index contributed by atoms with van der Waals surface area (Å²) in [5, 5.41) is 11.8. The Kier molecular flexibility index (Phi) is 4.04. The van der Waals surface area contributed by atoms with E-state index in [0.29, 0.717) is 33.4 Å². The lowest BCUT2D eigenvalue weighted by Crippen LogP contribution is -2.36. The number of nitrogens with two attached hydrogens (primary N) is 1. The van der Waals surface area contributed by atoms with Gasteiger partial charge in [-0.25, -0.2) is 9.67 Å². The fourth-order valence-electron chi connectivity index (χ4n) is 5.13. The highest BCUT2D eigenvalue weighted by Gasteiger charge is 2.38. The van der Waals surface area contributed by atoms with Crippen LogP contribution in [0.2, 0.25) is 0 Å². The minimum Gasteiger partial charge on any atom is -0.398 e. The number of benzene rings is 2. The molecule has 0 saturated carbocycles. The number of aryl methyl sites for hydroxylation is 1. The summed E-state index contributed by atoms with van der Waals surface area (Å²) in [6.45, 7) is 0. The summed E-state index contributed by atoms with van der Waals surface area (Å²) in [6.07, 6.45) is 3.54. The van der Waals surface area contributed by atoms with Crippen molar-refractivity contribution in [2.75, 3.05) is 5.73 Å². The van der Waals surface area contributed by atoms with Gasteiger partial charge in [0.25, 0.3) is 16.8 Å². The van der Waals surface area contributed by atoms with E-state index in [4.69, 9.17) is 10.7 Å². The second-order valence-electron chi connectivity index (χ2n) is 8.46. The third-order valence-electron chi connectivity index (χ3n) is 6.68. The number of hydrogen-bond donors (Lipinski definition) is 1. The molecule has 9 heteroatoms. The van der Waals surface area contributed by atoms with E-state index < -0.39 is 11.0 Å². The van der Waals surface area contributed by atoms with E-state index in [-0.39, 0.29) is 16.8 Å². The molecule has 1 aliphatic carbocycles. The van der Waals surface area contributed by atoms with Crippen LogP contribution in [0.15, 0.2) is 58.1 Å². The largest absolute Gasteiger partial charge is 0.398 e. The average Bonchev–Trinajstić information content (AvgIpc) is 3.18. The number of nitro benzene ring substituents is 1. The van der Waals surface area contributed by atoms with Crippen molar-refractivity contribution in [3.63, 3.8) is 0 Å². The number of non-ortho nitro benzene ring substituents is 1. The number of anilines is 1. The molecular weight excluding hydrogens is 422 g/mol. The highest BCUT2D eigenvalue weighted by atomic mass is 16.6. The normalized spacial score (nSPS) is 16.3. The van der Waals surface area contributed by atoms with Crippen LogP contribution in [0.4, 0.5) is 11.4 Å². The zero-order valence-corrected chi connectivity index (χ0v) is 17.5. The standard InChI is InChI=1S/C24H19N5O4/c25-20-17-7-3-4-8-18(17)26-22-19(20)21(13-9-11-14(12-10-13)29(32)33)27-23(30)15-5-1-2-6-16(15)24(31)28(22)27/h1-2,5-6,9-12,21H,3-4,7-8H2,(H2,25,26). The molecule has 0 saturated heterocycles. The smallest absolute Gasteiger partial charge is 0.279 e. The molecule has 1 unspecified atom stereocenters. The Balaban J connectivity index is 1.74. The van der Waals surface area contributed by atoms with Crippen LogP contribution in [0, 0.1) is 10.1 Å². The van der Waals surface area contributed by atoms with Gasteiger partial charge in [0.15, 0.2) is 5.82 Å². The van der Waals surface area contributed by atoms with Crippen LogP contribution in [0.1, 0.15) is 41.3 Å². The van der Waals surface area contributed by atoms with Crippen LogP contribution in [-0.2, 0) is 12.8 Å². The molecule has 2 N–H and O–H groups in total. The van der Waals surface area contributed by atoms with Gasteiger partial charge in [-0.2, -0.15) is 4.68 Å². The minimum absolute atomic E-state index is 0.0586. The number of nitrogen functional groups attached to an aromatic ring is 1. The van der Waals surface area contributed by atoms with Crippen LogP contribution in [0.3, 0.4) is 0 Å². The van der Waals surface area contributed by atoms with E-state index in [9.17, 15) is 19.7 Å². The Bertz CT molecular complexity index is 1600. The van der Waals surface area contributed by atoms with Gasteiger partial charge in [-0.3, -0.25) is 19.7 Å². The molecule has 0 spiro atoms. The number of nitro groups is 1. The first-order valence-electron chi connectivity index (χ1n) is 10.8. The van der Waals surface area contributed by atoms with E-state index in [2.05, 4.69) is 0 Å². The second-order valence-corrected chi connectivity index (χ2v) is 8.46. The number of pyridine rings is 1. The summed E-state index contributed by atoms with van der Waals surface area (Å²) in [7, 11) is 0. The number of aromatic nitrogens is 3. The molecule has 0 bridgehead atoms. The lowest BCUT2D eigenvalue weighted by molar-refractivity contribution is -0.384. The van der Waals surface area contributed by atoms with E-state index in [0.717, 1.165) is 36.9 Å². The van der Waals surface area contributed by atoms with Gasteiger partial charge in [0.1, 0.15) is 6.04 Å². The monoisotopic (exact) mass is 441 g/mol. The first-order valence-corrected chi connectivity index (χ1v) is 10.8. The molecule has 0 amide bonds. The van der Waals surface area contributed by atoms with Crippen LogP contribution in [0.5, 0.6) is 0 Å². The minimum atomic E-state index is -0.717. The maximum absolute atomic E-state index is 13.7. The third-order valence-corrected chi connectivity index (χ3v) is 6.68. The predicted octanol–water partition coefficient (Wildman–Crippen LogP) is 2.87. The van der Waals surface area contributed by atoms with Crippen molar-refractivity contribution >= 4 is 22.1 Å². The Morgan fingerprint density at radius 2 is 1.64 bits per heavy atom. The molecule has 2 aromatic heterocycles. The van der Waals surface area contributed by atoms with Crippen LogP contribution in [-0.4, -0.2) is 19.3 Å². The Hall–Kier alpha value is -4.27. The number of hydrogen-bond acceptors (Lipinski definition) is 6. The maximum atomic E-state index is 13.7. The van der Waals surface area contributed by atoms with Gasteiger partial charge in [0.2, 0.25) is 0 Å². The van der Waals surface area contributed by atoms with Crippen molar-refractivity contribution < 1.29 is 4.92 Å². The van der Waals surface area contributed by atoms with Gasteiger partial charge >= 0.3 is 0 Å². The van der Waals surface area contributed by atoms with Crippen molar-refractivity contribution in [2.45, 2.75) is 31.7 Å². The highest BCUT2D eigenvalue weighted by Crippen LogP contribution is 2.42. The summed E-state index contributed by atoms with van der Waals surface area (Å²) in [5.41, 5.74) is 9.52. The lowest BCUT2D eigenvalue weighted by atomic mass is 9.90. The fraction of sp³-hybridized carbons (Fsp3) is 0.208. The van der Waals surface area contributed by atoms with E-state index in [1.807, 2.05) is 0 Å². The molecule has 0 fully saturated rings. The van der Waals surface area contributed by atoms with Crippen molar-refractivity contribution in [1.82, 2.24) is 14.3 Å². The SMILES string of the molecule is Nc1c2c(nc3c1C(c1ccc([N+](=O)[O-])cc1)n1c(=O)c4ccccc4c(=O)n1-3)CCCC2. The predicted molar refractivity (Wildman–Crippen MR) is 123 cm³/mol. The van der Waals surface area contributed by atoms with E-state index in [1.165, 1.54) is 21.5 Å². The average molecular weight is 441 g/mol. The van der Waals surface area contributed by atoms with Crippen LogP contribution in [0.25, 0.3) is 16.6 Å². The van der Waals surface area contributed by atoms with Gasteiger partial charge in [-0.05, 0) is 61.1 Å². The first-order chi connectivity index (χ1) is 16.0. The topological polar surface area (TPSA) is 126 Å². The Labute approximate surface area is 186 Å². The second kappa shape index (κ2) is 6.86. The Morgan fingerprint density at radius 1 is 0.970 bits per heavy atom. The van der Waals surface area contributed by atoms with Crippen molar-refractivity contribution in [3.05, 3.63) is 102 Å². The van der Waals surface area contributed by atoms with Gasteiger partial charge in [-0.15, -0.1) is 0 Å². The third kappa shape index (κ3) is 2.62. The Morgan fingerprint density at radius 3 is 2.33 bits per heavy atom. The summed E-state index contributed by atoms with van der Waals surface area (Å²) in [6, 6.07) is 12.0. The number of fused-ring (bicyclic) bond motifs is 5. The molecule has 3 heterocycles. The highest BCUT2D eigenvalue weighted by molar-refractivity contribution is 5.81. The number of rotatable bonds is 2. The molecule has 6 rings (SSSR count). The van der Waals surface area contributed by atoms with E-state index >= 15 is 0 Å². The van der Waals surface area contributed by atoms with Gasteiger partial charge in [0, 0.05) is 29.1 Å². The zero-order chi connectivity index (χ0) is 22.9. The lowest BCUT2D eigenvalue weighted by Gasteiger charge is -2.21. The summed E-state index contributed by atoms with van der Waals surface area (Å²) in [5.74, 6) is 0.365. The zero-order valence-electron chi connectivity index (χ0n) is 17.5. The fourth-order valence-corrected chi connectivity index (χ4v) is 5.13. The van der Waals surface area contributed by atoms with Crippen LogP contribution >= 0.6 is 0 Å². The molecule has 0 radical (unpaired) electrons. The molecule has 1 atom stereocenters.